The molecule has 2 rings (SSSR count). The third-order valence-electron chi connectivity index (χ3n) is 3.57. The highest BCUT2D eigenvalue weighted by molar-refractivity contribution is 9.13. The highest BCUT2D eigenvalue weighted by Gasteiger charge is 2.17. The van der Waals surface area contributed by atoms with Crippen LogP contribution in [0.5, 0.6) is 0 Å². The Morgan fingerprint density at radius 2 is 2.16 bits per heavy atom. The Balaban J connectivity index is 1.96. The van der Waals surface area contributed by atoms with Crippen molar-refractivity contribution in [1.82, 2.24) is 10.2 Å². The standard InChI is InChI=1S/C15H22Br2N2/c1-2-8-19(11-13-4-3-7-18-13)10-12-5-6-14(16)15(17)9-12/h5-6,9,13,18H,2-4,7-8,10-11H2,1H3. The minimum absolute atomic E-state index is 0.686. The van der Waals surface area contributed by atoms with E-state index in [1.165, 1.54) is 44.5 Å². The van der Waals surface area contributed by atoms with Crippen LogP contribution in [0, 0.1) is 0 Å². The Morgan fingerprint density at radius 1 is 1.32 bits per heavy atom. The fourth-order valence-corrected chi connectivity index (χ4v) is 3.34. The quantitative estimate of drug-likeness (QED) is 0.785. The number of nitrogens with one attached hydrogen (secondary N) is 1. The highest BCUT2D eigenvalue weighted by Crippen LogP contribution is 2.24. The van der Waals surface area contributed by atoms with E-state index < -0.39 is 0 Å². The summed E-state index contributed by atoms with van der Waals surface area (Å²) in [4.78, 5) is 2.57. The lowest BCUT2D eigenvalue weighted by atomic mass is 10.1. The zero-order chi connectivity index (χ0) is 13.7. The van der Waals surface area contributed by atoms with Gasteiger partial charge in [-0.25, -0.2) is 0 Å². The first-order valence-corrected chi connectivity index (χ1v) is 8.67. The van der Waals surface area contributed by atoms with Crippen LogP contribution in [0.1, 0.15) is 31.7 Å². The fraction of sp³-hybridized carbons (Fsp3) is 0.600. The van der Waals surface area contributed by atoms with Gasteiger partial charge < -0.3 is 5.32 Å². The van der Waals surface area contributed by atoms with E-state index in [2.05, 4.69) is 67.2 Å². The lowest BCUT2D eigenvalue weighted by Gasteiger charge is -2.25. The molecule has 0 aliphatic carbocycles. The van der Waals surface area contributed by atoms with Crippen molar-refractivity contribution in [3.8, 4) is 0 Å². The minimum atomic E-state index is 0.686. The van der Waals surface area contributed by atoms with Crippen molar-refractivity contribution in [2.75, 3.05) is 19.6 Å². The van der Waals surface area contributed by atoms with Crippen molar-refractivity contribution in [3.63, 3.8) is 0 Å². The molecule has 1 saturated heterocycles. The SMILES string of the molecule is CCCN(Cc1ccc(Br)c(Br)c1)CC1CCCN1. The molecule has 0 radical (unpaired) electrons. The second kappa shape index (κ2) is 7.77. The molecule has 1 fully saturated rings. The minimum Gasteiger partial charge on any atom is -0.313 e. The van der Waals surface area contributed by atoms with Gasteiger partial charge in [-0.15, -0.1) is 0 Å². The van der Waals surface area contributed by atoms with E-state index in [1.54, 1.807) is 0 Å². The normalized spacial score (nSPS) is 19.3. The first-order valence-electron chi connectivity index (χ1n) is 7.08. The van der Waals surface area contributed by atoms with Crippen LogP contribution in [0.25, 0.3) is 0 Å². The summed E-state index contributed by atoms with van der Waals surface area (Å²) >= 11 is 7.11. The van der Waals surface area contributed by atoms with Gasteiger partial charge >= 0.3 is 0 Å². The van der Waals surface area contributed by atoms with Gasteiger partial charge in [-0.1, -0.05) is 13.0 Å². The Hall–Kier alpha value is 0.1000. The van der Waals surface area contributed by atoms with Crippen molar-refractivity contribution < 1.29 is 0 Å². The molecule has 1 aliphatic heterocycles. The van der Waals surface area contributed by atoms with Gasteiger partial charge in [0.1, 0.15) is 0 Å². The maximum atomic E-state index is 3.59. The van der Waals surface area contributed by atoms with Crippen LogP contribution < -0.4 is 5.32 Å². The molecular weight excluding hydrogens is 368 g/mol. The molecule has 1 aromatic carbocycles. The lowest BCUT2D eigenvalue weighted by molar-refractivity contribution is 0.241. The molecule has 0 saturated carbocycles. The molecule has 0 aromatic heterocycles. The summed E-state index contributed by atoms with van der Waals surface area (Å²) < 4.78 is 2.26. The topological polar surface area (TPSA) is 15.3 Å². The molecule has 1 unspecified atom stereocenters. The summed E-state index contributed by atoms with van der Waals surface area (Å²) in [6, 6.07) is 7.23. The maximum Gasteiger partial charge on any atom is 0.0320 e. The van der Waals surface area contributed by atoms with Gasteiger partial charge in [-0.2, -0.15) is 0 Å². The second-order valence-corrected chi connectivity index (χ2v) is 6.99. The van der Waals surface area contributed by atoms with Gasteiger partial charge in [-0.3, -0.25) is 4.90 Å². The predicted molar refractivity (Wildman–Crippen MR) is 88.4 cm³/mol. The van der Waals surface area contributed by atoms with Crippen molar-refractivity contribution >= 4 is 31.9 Å². The van der Waals surface area contributed by atoms with Crippen LogP contribution in [0.15, 0.2) is 27.1 Å². The molecule has 1 atom stereocenters. The zero-order valence-corrected chi connectivity index (χ0v) is 14.6. The smallest absolute Gasteiger partial charge is 0.0320 e. The highest BCUT2D eigenvalue weighted by atomic mass is 79.9. The van der Waals surface area contributed by atoms with Crippen molar-refractivity contribution in [2.45, 2.75) is 38.8 Å². The van der Waals surface area contributed by atoms with E-state index in [9.17, 15) is 0 Å². The summed E-state index contributed by atoms with van der Waals surface area (Å²) in [5, 5.41) is 3.59. The Morgan fingerprint density at radius 3 is 2.79 bits per heavy atom. The fourth-order valence-electron chi connectivity index (χ4n) is 2.67. The molecule has 0 bridgehead atoms. The summed E-state index contributed by atoms with van der Waals surface area (Å²) in [5.41, 5.74) is 1.38. The van der Waals surface area contributed by atoms with Gasteiger partial charge in [0.15, 0.2) is 0 Å². The third kappa shape index (κ3) is 4.85. The van der Waals surface area contributed by atoms with Crippen LogP contribution in [0.3, 0.4) is 0 Å². The molecule has 1 heterocycles. The van der Waals surface area contributed by atoms with Crippen LogP contribution in [0.4, 0.5) is 0 Å². The summed E-state index contributed by atoms with van der Waals surface area (Å²) in [5.74, 6) is 0. The first-order chi connectivity index (χ1) is 9.19. The molecule has 1 aromatic rings. The van der Waals surface area contributed by atoms with Gasteiger partial charge in [0.2, 0.25) is 0 Å². The average molecular weight is 390 g/mol. The maximum absolute atomic E-state index is 3.59. The number of benzene rings is 1. The number of hydrogen-bond acceptors (Lipinski definition) is 2. The zero-order valence-electron chi connectivity index (χ0n) is 11.5. The molecule has 1 N–H and O–H groups in total. The van der Waals surface area contributed by atoms with Crippen LogP contribution in [-0.2, 0) is 6.54 Å². The summed E-state index contributed by atoms with van der Waals surface area (Å²) in [6.07, 6.45) is 3.86. The average Bonchev–Trinajstić information content (AvgIpc) is 2.87. The van der Waals surface area contributed by atoms with Gasteiger partial charge in [0, 0.05) is 28.1 Å². The van der Waals surface area contributed by atoms with E-state index >= 15 is 0 Å². The van der Waals surface area contributed by atoms with Gasteiger partial charge in [0.25, 0.3) is 0 Å². The van der Waals surface area contributed by atoms with Crippen molar-refractivity contribution in [3.05, 3.63) is 32.7 Å². The Bertz CT molecular complexity index is 403. The number of rotatable bonds is 6. The Labute approximate surface area is 133 Å². The van der Waals surface area contributed by atoms with Crippen LogP contribution in [0.2, 0.25) is 0 Å². The first kappa shape index (κ1) is 15.5. The number of nitrogens with zero attached hydrogens (tertiary/aromatic N) is 1. The molecule has 2 nitrogen and oxygen atoms in total. The molecule has 0 spiro atoms. The second-order valence-electron chi connectivity index (χ2n) is 5.28. The largest absolute Gasteiger partial charge is 0.313 e. The van der Waals surface area contributed by atoms with Crippen LogP contribution >= 0.6 is 31.9 Å². The van der Waals surface area contributed by atoms with Crippen molar-refractivity contribution in [2.24, 2.45) is 0 Å². The third-order valence-corrected chi connectivity index (χ3v) is 5.45. The molecule has 4 heteroatoms. The van der Waals surface area contributed by atoms with E-state index in [0.29, 0.717) is 6.04 Å². The van der Waals surface area contributed by atoms with Gasteiger partial charge in [0.05, 0.1) is 0 Å². The molecule has 0 amide bonds. The van der Waals surface area contributed by atoms with E-state index in [0.717, 1.165) is 15.5 Å². The van der Waals surface area contributed by atoms with E-state index in [-0.39, 0.29) is 0 Å². The number of halogens is 2. The molecule has 19 heavy (non-hydrogen) atoms. The van der Waals surface area contributed by atoms with E-state index in [4.69, 9.17) is 0 Å². The van der Waals surface area contributed by atoms with Gasteiger partial charge in [-0.05, 0) is 81.9 Å². The summed E-state index contributed by atoms with van der Waals surface area (Å²) in [7, 11) is 0. The Kier molecular flexibility index (Phi) is 6.33. The molecule has 106 valence electrons. The van der Waals surface area contributed by atoms with Crippen LogP contribution in [-0.4, -0.2) is 30.6 Å². The monoisotopic (exact) mass is 388 g/mol. The molecular formula is C15H22Br2N2. The summed E-state index contributed by atoms with van der Waals surface area (Å²) in [6.45, 7) is 6.83. The van der Waals surface area contributed by atoms with Crippen molar-refractivity contribution in [1.29, 1.82) is 0 Å². The number of hydrogen-bond donors (Lipinski definition) is 1. The molecule has 1 aliphatic rings. The van der Waals surface area contributed by atoms with E-state index in [1.807, 2.05) is 0 Å². The lowest BCUT2D eigenvalue weighted by Crippen LogP contribution is -2.37. The predicted octanol–water partition coefficient (Wildman–Crippen LogP) is 4.18.